The Morgan fingerprint density at radius 2 is 1.58 bits per heavy atom. The summed E-state index contributed by atoms with van der Waals surface area (Å²) in [5.74, 6) is -0.742. The van der Waals surface area contributed by atoms with Crippen LogP contribution < -0.4 is 21.7 Å². The number of nitrogens with two attached hydrogens (primary N) is 1. The number of halogens is 2. The number of aromatic amines is 1. The Bertz CT molecular complexity index is 2590. The predicted octanol–water partition coefficient (Wildman–Crippen LogP) is 3.31. The van der Waals surface area contributed by atoms with Crippen molar-refractivity contribution in [3.8, 4) is 11.5 Å². The monoisotopic (exact) mass is 881 g/mol. The molecule has 3 aromatic heterocycles. The van der Waals surface area contributed by atoms with Crippen LogP contribution in [0.4, 0.5) is 14.6 Å². The zero-order chi connectivity index (χ0) is 41.6. The number of H-pyrrole nitrogens is 1. The van der Waals surface area contributed by atoms with Crippen LogP contribution in [-0.2, 0) is 42.5 Å². The van der Waals surface area contributed by atoms with Crippen LogP contribution in [0, 0.1) is 0 Å². The van der Waals surface area contributed by atoms with Crippen LogP contribution in [0.15, 0.2) is 83.0 Å². The molecule has 6 heterocycles. The first-order chi connectivity index (χ1) is 28.2. The molecule has 3 saturated heterocycles. The van der Waals surface area contributed by atoms with Gasteiger partial charge >= 0.3 is 26.3 Å². The second-order valence-electron chi connectivity index (χ2n) is 13.1. The van der Waals surface area contributed by atoms with Crippen LogP contribution in [0.1, 0.15) is 28.4 Å². The molecule has 0 spiro atoms. The number of phenols is 1. The van der Waals surface area contributed by atoms with Crippen molar-refractivity contribution in [2.24, 2.45) is 0 Å². The summed E-state index contributed by atoms with van der Waals surface area (Å²) >= 11 is 0.571. The number of ether oxygens (including phenoxy) is 3. The van der Waals surface area contributed by atoms with Gasteiger partial charge in [-0.1, -0.05) is 12.1 Å². The minimum Gasteiger partial charge on any atom is -0.508 e. The van der Waals surface area contributed by atoms with Crippen molar-refractivity contribution in [1.82, 2.24) is 29.1 Å². The number of phenolic OH excluding ortho intramolecular Hbond substituents is 1. The van der Waals surface area contributed by atoms with Crippen molar-refractivity contribution < 1.29 is 65.0 Å². The van der Waals surface area contributed by atoms with E-state index in [0.29, 0.717) is 21.5 Å². The summed E-state index contributed by atoms with van der Waals surface area (Å²) in [7, 11) is -5.30. The maximum atomic E-state index is 16.5. The van der Waals surface area contributed by atoms with Gasteiger partial charge in [-0.05, 0) is 53.3 Å². The predicted molar refractivity (Wildman–Crippen MR) is 199 cm³/mol. The number of imidazole rings is 1. The molecule has 21 nitrogen and oxygen atoms in total. The molecule has 0 saturated carbocycles. The second kappa shape index (κ2) is 16.3. The van der Waals surface area contributed by atoms with E-state index < -0.39 is 94.3 Å². The number of alkyl halides is 2. The molecule has 5 N–H and O–H groups in total. The summed E-state index contributed by atoms with van der Waals surface area (Å²) in [5.41, 5.74) is 4.89. The van der Waals surface area contributed by atoms with E-state index in [2.05, 4.69) is 15.0 Å². The van der Waals surface area contributed by atoms with Gasteiger partial charge in [0.1, 0.15) is 47.8 Å². The van der Waals surface area contributed by atoms with Crippen LogP contribution in [0.25, 0.3) is 11.2 Å². The Hall–Kier alpha value is -4.87. The van der Waals surface area contributed by atoms with Gasteiger partial charge in [0.2, 0.25) is 0 Å². The molecule has 5 aromatic rings. The Labute approximate surface area is 333 Å². The van der Waals surface area contributed by atoms with Crippen molar-refractivity contribution >= 4 is 49.0 Å². The average Bonchev–Trinajstić information content (AvgIpc) is 3.86. The number of carbonyl (C=O) groups excluding carboxylic acids is 1. The van der Waals surface area contributed by atoms with E-state index in [1.807, 2.05) is 4.98 Å². The number of nitrogens with one attached hydrogen (secondary N) is 1. The zero-order valence-corrected chi connectivity index (χ0v) is 32.4. The third-order valence-electron chi connectivity index (χ3n) is 9.25. The van der Waals surface area contributed by atoms with Crippen LogP contribution >= 0.6 is 26.0 Å². The summed E-state index contributed by atoms with van der Waals surface area (Å²) in [6.45, 7) is -6.56. The van der Waals surface area contributed by atoms with Crippen LogP contribution in [-0.4, -0.2) is 95.0 Å². The molecule has 3 aliphatic heterocycles. The van der Waals surface area contributed by atoms with E-state index >= 15 is 8.78 Å². The largest absolute Gasteiger partial charge is 0.508 e. The normalized spacial score (nSPS) is 31.2. The summed E-state index contributed by atoms with van der Waals surface area (Å²) in [6, 6.07) is 12.3. The summed E-state index contributed by atoms with van der Waals surface area (Å²) < 4.78 is 102. The SMILES string of the molecule is Nc1ncnc2c1ncn2[C@@H]1O[C@@H]2COP(=O)(O)O[C@@H]3[C@H](F)[C@@H](CO[P@](=O)(SCc4ccc(OC(=O)c5ccc(O)cc5)cc4)O[C@@H]1[C@@H]2F)O[C@H]3n1ccc(=O)[nH]c1=O. The van der Waals surface area contributed by atoms with Gasteiger partial charge in [0, 0.05) is 18.0 Å². The molecule has 2 aromatic carbocycles. The zero-order valence-electron chi connectivity index (χ0n) is 29.8. The van der Waals surface area contributed by atoms with E-state index in [0.717, 1.165) is 18.6 Å². The highest BCUT2D eigenvalue weighted by atomic mass is 32.7. The molecule has 3 aliphatic rings. The molecular weight excluding hydrogens is 850 g/mol. The fourth-order valence-corrected chi connectivity index (χ4v) is 10.6. The molecule has 3 fully saturated rings. The standard InChI is InChI=1S/C33H31F2N7O14P2S/c34-23-21-12-51-58(49,59-13-16-1-7-19(8-2-16)52-32(45)17-3-5-18(43)6-4-17)56-27-24(35)20(54-31(27)42-15-39-25-28(36)37-14-38-29(25)42)11-50-57(47,48)55-26(23)30(53-21)41-10-9-22(44)40-33(41)46/h1-10,14-15,20-21,23-24,26-27,30-31,43H,11-13H2,(H,47,48)(H2,36,37,38)(H,40,44,46)/t20-,21-,23-,24-,26-,27-,30-,31-,58+/m1/s1. The Kier molecular flexibility index (Phi) is 11.3. The van der Waals surface area contributed by atoms with Crippen molar-refractivity contribution in [3.63, 3.8) is 0 Å². The number of nitrogens with zero attached hydrogens (tertiary/aromatic N) is 5. The lowest BCUT2D eigenvalue weighted by Crippen LogP contribution is -2.38. The molecule has 0 amide bonds. The molecule has 1 unspecified atom stereocenters. The number of nitrogen functional groups attached to an aromatic ring is 1. The molecule has 10 atom stereocenters. The Morgan fingerprint density at radius 3 is 2.27 bits per heavy atom. The summed E-state index contributed by atoms with van der Waals surface area (Å²) in [5, 5.41) is 9.50. The van der Waals surface area contributed by atoms with E-state index in [4.69, 9.17) is 38.0 Å². The summed E-state index contributed by atoms with van der Waals surface area (Å²) in [4.78, 5) is 61.9. The van der Waals surface area contributed by atoms with Gasteiger partial charge in [-0.15, -0.1) is 0 Å². The molecule has 0 aliphatic carbocycles. The van der Waals surface area contributed by atoms with E-state index in [9.17, 15) is 33.5 Å². The second-order valence-corrected chi connectivity index (χ2v) is 18.6. The highest BCUT2D eigenvalue weighted by Gasteiger charge is 2.55. The number of anilines is 1. The maximum absolute atomic E-state index is 16.5. The quantitative estimate of drug-likeness (QED) is 0.104. The first kappa shape index (κ1) is 40.9. The van der Waals surface area contributed by atoms with Crippen molar-refractivity contribution in [2.75, 3.05) is 18.9 Å². The number of aromatic hydroxyl groups is 1. The van der Waals surface area contributed by atoms with Gasteiger partial charge in [-0.3, -0.25) is 37.0 Å². The topological polar surface area (TPSA) is 281 Å². The smallest absolute Gasteiger partial charge is 0.472 e. The molecular formula is C33H31F2N7O14P2S. The van der Waals surface area contributed by atoms with Gasteiger partial charge in [0.15, 0.2) is 36.3 Å². The Morgan fingerprint density at radius 1 is 0.915 bits per heavy atom. The number of phosphoric ester groups is 1. The van der Waals surface area contributed by atoms with Gasteiger partial charge in [-0.2, -0.15) is 0 Å². The molecule has 4 bridgehead atoms. The average molecular weight is 882 g/mol. The number of carbonyl (C=O) groups is 1. The minimum atomic E-state index is -5.30. The number of benzene rings is 2. The Balaban J connectivity index is 1.10. The van der Waals surface area contributed by atoms with Crippen molar-refractivity contribution in [3.05, 3.63) is 105 Å². The van der Waals surface area contributed by atoms with Gasteiger partial charge in [0.05, 0.1) is 25.1 Å². The number of esters is 1. The molecule has 0 radical (unpaired) electrons. The van der Waals surface area contributed by atoms with E-state index in [1.165, 1.54) is 59.4 Å². The maximum Gasteiger partial charge on any atom is 0.472 e. The van der Waals surface area contributed by atoms with E-state index in [1.54, 1.807) is 0 Å². The third kappa shape index (κ3) is 8.59. The van der Waals surface area contributed by atoms with Gasteiger partial charge < -0.3 is 29.9 Å². The lowest BCUT2D eigenvalue weighted by Gasteiger charge is -2.27. The van der Waals surface area contributed by atoms with E-state index in [-0.39, 0.29) is 39.8 Å². The van der Waals surface area contributed by atoms with Gasteiger partial charge in [-0.25, -0.2) is 42.5 Å². The molecule has 59 heavy (non-hydrogen) atoms. The fraction of sp³-hybridized carbons (Fsp3) is 0.333. The lowest BCUT2D eigenvalue weighted by molar-refractivity contribution is -0.0650. The minimum absolute atomic E-state index is 0.0263. The summed E-state index contributed by atoms with van der Waals surface area (Å²) in [6.07, 6.45) is -12.0. The fourth-order valence-electron chi connectivity index (χ4n) is 6.35. The van der Waals surface area contributed by atoms with Crippen LogP contribution in [0.2, 0.25) is 0 Å². The van der Waals surface area contributed by atoms with Crippen molar-refractivity contribution in [2.45, 2.75) is 55.0 Å². The first-order valence-corrected chi connectivity index (χ1v) is 22.0. The number of hydrogen-bond donors (Lipinski definition) is 4. The lowest BCUT2D eigenvalue weighted by atomic mass is 10.1. The highest BCUT2D eigenvalue weighted by molar-refractivity contribution is 8.54. The number of rotatable bonds is 7. The highest BCUT2D eigenvalue weighted by Crippen LogP contribution is 2.65. The van der Waals surface area contributed by atoms with Crippen LogP contribution in [0.3, 0.4) is 0 Å². The number of phosphoric acid groups is 1. The third-order valence-corrected chi connectivity index (χ3v) is 13.9. The number of hydrogen-bond acceptors (Lipinski definition) is 18. The van der Waals surface area contributed by atoms with Crippen molar-refractivity contribution in [1.29, 1.82) is 0 Å². The number of aromatic nitrogens is 6. The molecule has 26 heteroatoms. The molecule has 8 rings (SSSR count). The molecule has 312 valence electrons. The number of fused-ring (bicyclic) bond motifs is 5. The van der Waals surface area contributed by atoms with Gasteiger partial charge in [0.25, 0.3) is 5.56 Å². The first-order valence-electron chi connectivity index (χ1n) is 17.3. The van der Waals surface area contributed by atoms with Crippen LogP contribution in [0.5, 0.6) is 11.5 Å².